The molecule has 2 atom stereocenters. The summed E-state index contributed by atoms with van der Waals surface area (Å²) < 4.78 is 32.9. The van der Waals surface area contributed by atoms with Gasteiger partial charge in [-0.1, -0.05) is 260 Å². The number of hydrogen-bond acceptors (Lipinski definition) is 8. The number of esters is 2. The number of hydrogen-bond donors (Lipinski definition) is 2. The van der Waals surface area contributed by atoms with Crippen molar-refractivity contribution in [1.82, 2.24) is 0 Å². The summed E-state index contributed by atoms with van der Waals surface area (Å²) in [5, 5.41) is 0. The first-order valence-corrected chi connectivity index (χ1v) is 31.9. The van der Waals surface area contributed by atoms with Gasteiger partial charge in [0.25, 0.3) is 0 Å². The lowest BCUT2D eigenvalue weighted by molar-refractivity contribution is -0.161. The van der Waals surface area contributed by atoms with Crippen LogP contribution in [0.1, 0.15) is 284 Å². The molecule has 424 valence electrons. The average molecular weight is 1040 g/mol. The first-order valence-electron chi connectivity index (χ1n) is 30.4. The number of unbranched alkanes of at least 4 members (excludes halogenated alkanes) is 32. The fourth-order valence-electron chi connectivity index (χ4n) is 8.60. The zero-order valence-corrected chi connectivity index (χ0v) is 48.3. The van der Waals surface area contributed by atoms with Gasteiger partial charge in [0.05, 0.1) is 13.2 Å². The monoisotopic (exact) mass is 1040 g/mol. The minimum Gasteiger partial charge on any atom is -0.462 e. The molecule has 0 rings (SSSR count). The number of carbonyl (C=O) groups excluding carboxylic acids is 2. The minimum absolute atomic E-state index is 0.0482. The number of carbonyl (C=O) groups is 2. The normalized spacial score (nSPS) is 13.5. The Balaban J connectivity index is 3.77. The molecule has 2 unspecified atom stereocenters. The molecule has 0 spiro atoms. The molecule has 3 N–H and O–H groups in total. The first-order chi connectivity index (χ1) is 35.8. The second kappa shape index (κ2) is 58.7. The Labute approximate surface area is 450 Å². The highest BCUT2D eigenvalue weighted by atomic mass is 31.2. The molecule has 0 saturated carbocycles. The topological polar surface area (TPSA) is 134 Å². The van der Waals surface area contributed by atoms with Crippen molar-refractivity contribution in [1.29, 1.82) is 0 Å². The summed E-state index contributed by atoms with van der Waals surface area (Å²) in [4.78, 5) is 35.1. The molecule has 0 aromatic heterocycles. The maximum absolute atomic E-state index is 12.7. The Kier molecular flexibility index (Phi) is 56.7. The van der Waals surface area contributed by atoms with Crippen LogP contribution in [0, 0.1) is 0 Å². The van der Waals surface area contributed by atoms with Crippen LogP contribution in [-0.2, 0) is 32.7 Å². The van der Waals surface area contributed by atoms with Crippen LogP contribution in [0.2, 0.25) is 0 Å². The van der Waals surface area contributed by atoms with Crippen LogP contribution in [-0.4, -0.2) is 49.3 Å². The highest BCUT2D eigenvalue weighted by molar-refractivity contribution is 7.47. The van der Waals surface area contributed by atoms with E-state index in [4.69, 9.17) is 24.3 Å². The predicted octanol–water partition coefficient (Wildman–Crippen LogP) is 19.3. The zero-order chi connectivity index (χ0) is 53.1. The van der Waals surface area contributed by atoms with Gasteiger partial charge in [-0.25, -0.2) is 4.57 Å². The smallest absolute Gasteiger partial charge is 0.462 e. The third kappa shape index (κ3) is 58.6. The molecule has 0 aromatic rings. The molecule has 0 aliphatic rings. The van der Waals surface area contributed by atoms with Crippen LogP contribution in [0.25, 0.3) is 0 Å². The number of allylic oxidation sites excluding steroid dienone is 12. The van der Waals surface area contributed by atoms with Crippen LogP contribution >= 0.6 is 7.82 Å². The van der Waals surface area contributed by atoms with Crippen molar-refractivity contribution in [3.8, 4) is 0 Å². The molecule has 9 nitrogen and oxygen atoms in total. The molecule has 0 fully saturated rings. The van der Waals surface area contributed by atoms with Gasteiger partial charge >= 0.3 is 19.8 Å². The van der Waals surface area contributed by atoms with Gasteiger partial charge in [0.2, 0.25) is 0 Å². The van der Waals surface area contributed by atoms with Crippen molar-refractivity contribution in [2.75, 3.05) is 26.4 Å². The SMILES string of the molecule is CC/C=C\C/C=C\C/C=C\CCCCCC(=O)OCC(COP(=O)(O)OCCN)OC(=O)CCCCCCCCCCCCCCCCCCCCCCCCCC/C=C\C/C=C\C/C=C\CCCCCCC. The lowest BCUT2D eigenvalue weighted by Crippen LogP contribution is -2.29. The lowest BCUT2D eigenvalue weighted by atomic mass is 10.0. The van der Waals surface area contributed by atoms with E-state index in [1.807, 2.05) is 0 Å². The van der Waals surface area contributed by atoms with E-state index >= 15 is 0 Å². The Hall–Kier alpha value is -2.55. The maximum atomic E-state index is 12.7. The van der Waals surface area contributed by atoms with E-state index in [9.17, 15) is 19.0 Å². The fourth-order valence-corrected chi connectivity index (χ4v) is 9.37. The largest absolute Gasteiger partial charge is 0.472 e. The summed E-state index contributed by atoms with van der Waals surface area (Å²) in [7, 11) is -4.39. The summed E-state index contributed by atoms with van der Waals surface area (Å²) in [6.45, 7) is 3.60. The molecule has 0 radical (unpaired) electrons. The molecule has 0 aliphatic heterocycles. The summed E-state index contributed by atoms with van der Waals surface area (Å²) in [5.74, 6) is -0.856. The summed E-state index contributed by atoms with van der Waals surface area (Å²) in [6, 6.07) is 0. The Bertz CT molecular complexity index is 1420. The lowest BCUT2D eigenvalue weighted by Gasteiger charge is -2.19. The Morgan fingerprint density at radius 1 is 0.425 bits per heavy atom. The van der Waals surface area contributed by atoms with Gasteiger partial charge < -0.3 is 20.1 Å². The van der Waals surface area contributed by atoms with Gasteiger partial charge in [0, 0.05) is 19.4 Å². The van der Waals surface area contributed by atoms with Crippen molar-refractivity contribution in [3.05, 3.63) is 72.9 Å². The highest BCUT2D eigenvalue weighted by Gasteiger charge is 2.26. The van der Waals surface area contributed by atoms with Gasteiger partial charge in [-0.15, -0.1) is 0 Å². The first kappa shape index (κ1) is 70.5. The molecule has 73 heavy (non-hydrogen) atoms. The van der Waals surface area contributed by atoms with Crippen molar-refractivity contribution in [2.45, 2.75) is 290 Å². The van der Waals surface area contributed by atoms with Crippen LogP contribution < -0.4 is 5.73 Å². The summed E-state index contributed by atoms with van der Waals surface area (Å²) in [5.41, 5.74) is 5.37. The Morgan fingerprint density at radius 3 is 1.14 bits per heavy atom. The maximum Gasteiger partial charge on any atom is 0.472 e. The third-order valence-corrected chi connectivity index (χ3v) is 14.1. The molecule has 0 aromatic carbocycles. The fraction of sp³-hybridized carbons (Fsp3) is 0.778. The van der Waals surface area contributed by atoms with Crippen LogP contribution in [0.4, 0.5) is 0 Å². The van der Waals surface area contributed by atoms with Gasteiger partial charge in [-0.05, 0) is 83.5 Å². The number of phosphoric acid groups is 1. The third-order valence-electron chi connectivity index (χ3n) is 13.1. The van der Waals surface area contributed by atoms with Gasteiger partial charge in [0.1, 0.15) is 6.61 Å². The van der Waals surface area contributed by atoms with E-state index in [2.05, 4.69) is 86.8 Å². The Morgan fingerprint density at radius 2 is 0.753 bits per heavy atom. The van der Waals surface area contributed by atoms with Gasteiger partial charge in [-0.3, -0.25) is 18.6 Å². The molecule has 0 amide bonds. The number of rotatable bonds is 57. The van der Waals surface area contributed by atoms with Crippen LogP contribution in [0.3, 0.4) is 0 Å². The van der Waals surface area contributed by atoms with Crippen molar-refractivity contribution in [3.63, 3.8) is 0 Å². The molecule has 0 bridgehead atoms. The number of ether oxygens (including phenoxy) is 2. The van der Waals surface area contributed by atoms with Crippen molar-refractivity contribution >= 4 is 19.8 Å². The second-order valence-electron chi connectivity index (χ2n) is 20.2. The predicted molar refractivity (Wildman–Crippen MR) is 312 cm³/mol. The highest BCUT2D eigenvalue weighted by Crippen LogP contribution is 2.43. The molecular weight excluding hydrogens is 930 g/mol. The standard InChI is InChI=1S/C63H114NO8P/c1-3-5-7-9-11-13-15-17-18-19-20-21-22-23-24-25-26-27-28-29-30-31-32-33-34-35-36-37-38-39-40-41-42-44-46-48-50-52-54-56-63(66)72-61(60-71-73(67,68)70-58-57-64)59-69-62(65)55-53-51-49-47-45-43-16-14-12-10-8-6-4-2/h6,8,12,14-15,17,19-20,22-23,43,45,61H,3-5,7,9-11,13,16,18,21,24-42,44,46-60,64H2,1-2H3,(H,67,68)/b8-6-,14-12-,17-15-,20-19-,23-22-,45-43-. The van der Waals surface area contributed by atoms with Crippen molar-refractivity contribution in [2.24, 2.45) is 5.73 Å². The molecular formula is C63H114NO8P. The quantitative estimate of drug-likeness (QED) is 0.0264. The summed E-state index contributed by atoms with van der Waals surface area (Å²) >= 11 is 0. The van der Waals surface area contributed by atoms with E-state index < -0.39 is 32.5 Å². The zero-order valence-electron chi connectivity index (χ0n) is 47.4. The van der Waals surface area contributed by atoms with E-state index in [1.165, 1.54) is 173 Å². The molecule has 0 heterocycles. The van der Waals surface area contributed by atoms with Crippen LogP contribution in [0.15, 0.2) is 72.9 Å². The second-order valence-corrected chi connectivity index (χ2v) is 21.6. The van der Waals surface area contributed by atoms with Gasteiger partial charge in [-0.2, -0.15) is 0 Å². The van der Waals surface area contributed by atoms with E-state index in [-0.39, 0.29) is 32.6 Å². The average Bonchev–Trinajstić information content (AvgIpc) is 3.38. The van der Waals surface area contributed by atoms with Crippen molar-refractivity contribution < 1.29 is 37.6 Å². The molecule has 0 saturated heterocycles. The van der Waals surface area contributed by atoms with Gasteiger partial charge in [0.15, 0.2) is 6.10 Å². The molecule has 0 aliphatic carbocycles. The van der Waals surface area contributed by atoms with E-state index in [1.54, 1.807) is 0 Å². The van der Waals surface area contributed by atoms with E-state index in [0.717, 1.165) is 70.6 Å². The van der Waals surface area contributed by atoms with Crippen LogP contribution in [0.5, 0.6) is 0 Å². The number of nitrogens with two attached hydrogens (primary N) is 1. The number of phosphoric ester groups is 1. The van der Waals surface area contributed by atoms with E-state index in [0.29, 0.717) is 12.8 Å². The minimum atomic E-state index is -4.39. The molecule has 10 heteroatoms. The summed E-state index contributed by atoms with van der Waals surface area (Å²) in [6.07, 6.45) is 75.8.